The first kappa shape index (κ1) is 28.9. The number of esters is 1. The Balaban J connectivity index is 2.10. The Kier molecular flexibility index (Phi) is 16.2. The van der Waals surface area contributed by atoms with Crippen molar-refractivity contribution in [2.24, 2.45) is 0 Å². The molecule has 176 valence electrons. The molecule has 7 heteroatoms. The normalized spacial score (nSPS) is 11.4. The van der Waals surface area contributed by atoms with Gasteiger partial charge < -0.3 is 4.74 Å². The number of hydrogen-bond acceptors (Lipinski definition) is 2. The second-order valence-electron chi connectivity index (χ2n) is 7.71. The van der Waals surface area contributed by atoms with Crippen molar-refractivity contribution in [2.75, 3.05) is 0 Å². The highest BCUT2D eigenvalue weighted by Crippen LogP contribution is 2.48. The van der Waals surface area contributed by atoms with Crippen LogP contribution in [0.15, 0.2) is 12.2 Å². The van der Waals surface area contributed by atoms with E-state index in [2.05, 4.69) is 19.1 Å². The molecule has 0 aliphatic rings. The van der Waals surface area contributed by atoms with E-state index in [4.69, 9.17) is 62.7 Å². The molecule has 2 nitrogen and oxygen atoms in total. The van der Waals surface area contributed by atoms with Crippen molar-refractivity contribution in [1.29, 1.82) is 0 Å². The second-order valence-corrected chi connectivity index (χ2v) is 9.60. The maximum absolute atomic E-state index is 12.1. The van der Waals surface area contributed by atoms with Crippen molar-refractivity contribution >= 4 is 64.0 Å². The highest BCUT2D eigenvalue weighted by Gasteiger charge is 2.22. The summed E-state index contributed by atoms with van der Waals surface area (Å²) in [5.74, 6) is -0.462. The molecule has 0 aromatic heterocycles. The molecule has 0 saturated carbocycles. The van der Waals surface area contributed by atoms with E-state index in [1.165, 1.54) is 51.4 Å². The maximum atomic E-state index is 12.1. The van der Waals surface area contributed by atoms with Crippen LogP contribution in [0.1, 0.15) is 96.8 Å². The van der Waals surface area contributed by atoms with Crippen LogP contribution in [0.2, 0.25) is 25.1 Å². The number of ether oxygens (including phenoxy) is 1. The van der Waals surface area contributed by atoms with E-state index >= 15 is 0 Å². The highest BCUT2D eigenvalue weighted by molar-refractivity contribution is 6.55. The Hall–Kier alpha value is -0.120. The number of carbonyl (C=O) groups is 1. The fourth-order valence-corrected chi connectivity index (χ4v) is 4.38. The predicted molar refractivity (Wildman–Crippen MR) is 137 cm³/mol. The smallest absolute Gasteiger partial charge is 0.311 e. The molecule has 0 radical (unpaired) electrons. The first-order chi connectivity index (χ1) is 14.9. The molecule has 31 heavy (non-hydrogen) atoms. The molecule has 0 unspecified atom stereocenters. The SMILES string of the molecule is CCCCCCCC/C=C\CCCCCCCC(=O)Oc1c(Cl)c(Cl)c(Cl)c(Cl)c1Cl. The Morgan fingerprint density at radius 1 is 0.645 bits per heavy atom. The van der Waals surface area contributed by atoms with Gasteiger partial charge >= 0.3 is 5.97 Å². The number of carbonyl (C=O) groups excluding carboxylic acids is 1. The molecule has 1 aromatic carbocycles. The molecule has 0 spiro atoms. The monoisotopic (exact) mass is 528 g/mol. The molecule has 1 rings (SSSR count). The molecule has 0 bridgehead atoms. The van der Waals surface area contributed by atoms with Gasteiger partial charge in [0.2, 0.25) is 0 Å². The molecule has 0 N–H and O–H groups in total. The summed E-state index contributed by atoms with van der Waals surface area (Å²) in [6.45, 7) is 2.25. The first-order valence-corrected chi connectivity index (χ1v) is 13.2. The first-order valence-electron chi connectivity index (χ1n) is 11.3. The largest absolute Gasteiger partial charge is 0.423 e. The van der Waals surface area contributed by atoms with E-state index in [9.17, 15) is 4.79 Å². The van der Waals surface area contributed by atoms with Crippen LogP contribution in [0.5, 0.6) is 5.75 Å². The lowest BCUT2D eigenvalue weighted by Crippen LogP contribution is -2.08. The molecule has 0 aliphatic heterocycles. The average Bonchev–Trinajstić information content (AvgIpc) is 2.76. The van der Waals surface area contributed by atoms with Crippen LogP contribution in [-0.2, 0) is 4.79 Å². The summed E-state index contributed by atoms with van der Waals surface area (Å²) >= 11 is 30.0. The zero-order valence-electron chi connectivity index (χ0n) is 18.3. The lowest BCUT2D eigenvalue weighted by Gasteiger charge is -2.12. The number of unbranched alkanes of at least 4 members (excludes halogenated alkanes) is 11. The summed E-state index contributed by atoms with van der Waals surface area (Å²) in [6.07, 6.45) is 20.5. The van der Waals surface area contributed by atoms with Gasteiger partial charge in [0.15, 0.2) is 5.75 Å². The van der Waals surface area contributed by atoms with Crippen molar-refractivity contribution < 1.29 is 9.53 Å². The van der Waals surface area contributed by atoms with Gasteiger partial charge in [-0.05, 0) is 32.1 Å². The third-order valence-electron chi connectivity index (χ3n) is 5.03. The fraction of sp³-hybridized carbons (Fsp3) is 0.625. The van der Waals surface area contributed by atoms with Gasteiger partial charge in [0, 0.05) is 6.42 Å². The summed E-state index contributed by atoms with van der Waals surface area (Å²) in [6, 6.07) is 0. The van der Waals surface area contributed by atoms with E-state index in [1.54, 1.807) is 0 Å². The molecule has 0 saturated heterocycles. The lowest BCUT2D eigenvalue weighted by molar-refractivity contribution is -0.134. The molecular formula is C24H33Cl5O2. The lowest BCUT2D eigenvalue weighted by atomic mass is 10.1. The van der Waals surface area contributed by atoms with Crippen molar-refractivity contribution in [1.82, 2.24) is 0 Å². The van der Waals surface area contributed by atoms with Gasteiger partial charge in [0.25, 0.3) is 0 Å². The fourth-order valence-electron chi connectivity index (χ4n) is 3.18. The van der Waals surface area contributed by atoms with Gasteiger partial charge in [0.1, 0.15) is 10.0 Å². The van der Waals surface area contributed by atoms with E-state index in [-0.39, 0.29) is 37.3 Å². The molecule has 0 fully saturated rings. The topological polar surface area (TPSA) is 26.3 Å². The molecular weight excluding hydrogens is 498 g/mol. The standard InChI is InChI=1S/C24H33Cl5O2/c1-2-3-4-5-6-7-8-9-10-11-12-13-14-15-16-17-18(30)31-24-22(28)20(26)19(25)21(27)23(24)29/h9-10H,2-8,11-17H2,1H3/b10-9-. The number of allylic oxidation sites excluding steroid dienone is 2. The van der Waals surface area contributed by atoms with Gasteiger partial charge in [-0.15, -0.1) is 0 Å². The minimum atomic E-state index is -0.420. The van der Waals surface area contributed by atoms with Crippen LogP contribution in [0, 0.1) is 0 Å². The zero-order valence-corrected chi connectivity index (χ0v) is 22.0. The van der Waals surface area contributed by atoms with Gasteiger partial charge in [-0.3, -0.25) is 4.79 Å². The predicted octanol–water partition coefficient (Wildman–Crippen LogP) is 10.9. The maximum Gasteiger partial charge on any atom is 0.311 e. The van der Waals surface area contributed by atoms with Crippen molar-refractivity contribution in [3.8, 4) is 5.75 Å². The third-order valence-corrected chi connectivity index (χ3v) is 7.27. The van der Waals surface area contributed by atoms with Gasteiger partial charge in [-0.1, -0.05) is 128 Å². The van der Waals surface area contributed by atoms with Crippen LogP contribution in [-0.4, -0.2) is 5.97 Å². The molecule has 0 aliphatic carbocycles. The van der Waals surface area contributed by atoms with Gasteiger partial charge in [-0.25, -0.2) is 0 Å². The van der Waals surface area contributed by atoms with E-state index in [1.807, 2.05) is 0 Å². The Morgan fingerprint density at radius 3 is 1.58 bits per heavy atom. The van der Waals surface area contributed by atoms with Crippen molar-refractivity contribution in [2.45, 2.75) is 96.8 Å². The highest BCUT2D eigenvalue weighted by atomic mass is 35.5. The Labute approximate surface area is 212 Å². The van der Waals surface area contributed by atoms with Crippen LogP contribution in [0.25, 0.3) is 0 Å². The summed E-state index contributed by atoms with van der Waals surface area (Å²) in [5, 5.41) is 0.0384. The second kappa shape index (κ2) is 17.4. The quantitative estimate of drug-likeness (QED) is 0.0530. The van der Waals surface area contributed by atoms with Crippen LogP contribution < -0.4 is 4.74 Å². The molecule has 0 amide bonds. The number of hydrogen-bond donors (Lipinski definition) is 0. The Morgan fingerprint density at radius 2 is 1.06 bits per heavy atom. The van der Waals surface area contributed by atoms with E-state index < -0.39 is 5.97 Å². The van der Waals surface area contributed by atoms with Crippen LogP contribution in [0.4, 0.5) is 0 Å². The number of benzene rings is 1. The number of rotatable bonds is 16. The molecule has 0 heterocycles. The van der Waals surface area contributed by atoms with Crippen molar-refractivity contribution in [3.63, 3.8) is 0 Å². The third kappa shape index (κ3) is 11.5. The summed E-state index contributed by atoms with van der Waals surface area (Å²) in [7, 11) is 0. The minimum Gasteiger partial charge on any atom is -0.423 e. The Bertz CT molecular complexity index is 675. The summed E-state index contributed by atoms with van der Waals surface area (Å²) in [5.41, 5.74) is 0. The van der Waals surface area contributed by atoms with E-state index in [0.717, 1.165) is 32.1 Å². The zero-order chi connectivity index (χ0) is 23.1. The molecule has 1 aromatic rings. The summed E-state index contributed by atoms with van der Waals surface area (Å²) < 4.78 is 5.27. The van der Waals surface area contributed by atoms with Crippen LogP contribution >= 0.6 is 58.0 Å². The summed E-state index contributed by atoms with van der Waals surface area (Å²) in [4.78, 5) is 12.1. The molecule has 0 atom stereocenters. The van der Waals surface area contributed by atoms with Crippen molar-refractivity contribution in [3.05, 3.63) is 37.3 Å². The average molecular weight is 531 g/mol. The van der Waals surface area contributed by atoms with Crippen LogP contribution in [0.3, 0.4) is 0 Å². The van der Waals surface area contributed by atoms with Gasteiger partial charge in [-0.2, -0.15) is 0 Å². The minimum absolute atomic E-state index is 0.0148. The van der Waals surface area contributed by atoms with E-state index in [0.29, 0.717) is 0 Å². The number of halogens is 5. The van der Waals surface area contributed by atoms with Gasteiger partial charge in [0.05, 0.1) is 15.1 Å².